The van der Waals surface area contributed by atoms with Crippen molar-refractivity contribution in [1.82, 2.24) is 14.8 Å². The Balaban J connectivity index is 2.08. The van der Waals surface area contributed by atoms with Crippen molar-refractivity contribution >= 4 is 0 Å². The Labute approximate surface area is 123 Å². The number of hydrogen-bond acceptors (Lipinski definition) is 3. The molecule has 1 heterocycles. The maximum atomic E-state index is 6.15. The molecule has 0 bridgehead atoms. The molecule has 1 aliphatic rings. The van der Waals surface area contributed by atoms with E-state index >= 15 is 0 Å². The fourth-order valence-corrected chi connectivity index (χ4v) is 3.54. The minimum Gasteiger partial charge on any atom is -0.330 e. The molecule has 4 heteroatoms. The zero-order chi connectivity index (χ0) is 14.8. The van der Waals surface area contributed by atoms with E-state index in [4.69, 9.17) is 5.73 Å². The van der Waals surface area contributed by atoms with Crippen LogP contribution in [0.25, 0.3) is 0 Å². The lowest BCUT2D eigenvalue weighted by molar-refractivity contribution is 0.128. The highest BCUT2D eigenvalue weighted by molar-refractivity contribution is 4.98. The molecular formula is C16H30N4. The van der Waals surface area contributed by atoms with Crippen molar-refractivity contribution in [3.05, 3.63) is 12.2 Å². The molecule has 1 aliphatic carbocycles. The van der Waals surface area contributed by atoms with Gasteiger partial charge >= 0.3 is 0 Å². The molecule has 0 aliphatic heterocycles. The van der Waals surface area contributed by atoms with Gasteiger partial charge in [0.25, 0.3) is 0 Å². The Morgan fingerprint density at radius 2 is 1.95 bits per heavy atom. The first-order chi connectivity index (χ1) is 9.47. The topological polar surface area (TPSA) is 56.7 Å². The highest BCUT2D eigenvalue weighted by atomic mass is 15.3. The van der Waals surface area contributed by atoms with E-state index in [-0.39, 0.29) is 5.41 Å². The highest BCUT2D eigenvalue weighted by Gasteiger charge is 2.36. The monoisotopic (exact) mass is 278 g/mol. The maximum Gasteiger partial charge on any atom is 0.138 e. The summed E-state index contributed by atoms with van der Waals surface area (Å²) in [5.41, 5.74) is 6.39. The fourth-order valence-electron chi connectivity index (χ4n) is 3.54. The van der Waals surface area contributed by atoms with Crippen LogP contribution in [0.1, 0.15) is 65.2 Å². The summed E-state index contributed by atoms with van der Waals surface area (Å²) in [7, 11) is 0. The third-order valence-electron chi connectivity index (χ3n) is 5.14. The standard InChI is InChI=1S/C16H30N4/c1-12(2)14-5-7-16(10-17,8-6-14)9-15-18-11-19-20(15)13(3)4/h11-14H,5-10,17H2,1-4H3. The van der Waals surface area contributed by atoms with Gasteiger partial charge in [-0.2, -0.15) is 5.10 Å². The van der Waals surface area contributed by atoms with Gasteiger partial charge in [-0.15, -0.1) is 0 Å². The highest BCUT2D eigenvalue weighted by Crippen LogP contribution is 2.42. The van der Waals surface area contributed by atoms with E-state index in [0.717, 1.165) is 30.6 Å². The molecule has 2 rings (SSSR count). The molecule has 2 N–H and O–H groups in total. The van der Waals surface area contributed by atoms with Crippen LogP contribution in [0, 0.1) is 17.3 Å². The summed E-state index contributed by atoms with van der Waals surface area (Å²) in [6, 6.07) is 0.370. The van der Waals surface area contributed by atoms with Crippen LogP contribution in [0.15, 0.2) is 6.33 Å². The van der Waals surface area contributed by atoms with Gasteiger partial charge in [-0.25, -0.2) is 9.67 Å². The van der Waals surface area contributed by atoms with Crippen LogP contribution >= 0.6 is 0 Å². The van der Waals surface area contributed by atoms with E-state index in [1.807, 2.05) is 4.68 Å². The molecule has 4 nitrogen and oxygen atoms in total. The predicted molar refractivity (Wildman–Crippen MR) is 82.4 cm³/mol. The van der Waals surface area contributed by atoms with Gasteiger partial charge < -0.3 is 5.73 Å². The second kappa shape index (κ2) is 6.25. The number of aromatic nitrogens is 3. The van der Waals surface area contributed by atoms with Gasteiger partial charge in [0, 0.05) is 12.5 Å². The van der Waals surface area contributed by atoms with E-state index in [0.29, 0.717) is 6.04 Å². The Bertz CT molecular complexity index is 414. The quantitative estimate of drug-likeness (QED) is 0.900. The van der Waals surface area contributed by atoms with Gasteiger partial charge in [0.05, 0.1) is 0 Å². The summed E-state index contributed by atoms with van der Waals surface area (Å²) in [4.78, 5) is 4.47. The van der Waals surface area contributed by atoms with Gasteiger partial charge in [-0.1, -0.05) is 13.8 Å². The van der Waals surface area contributed by atoms with Crippen molar-refractivity contribution in [1.29, 1.82) is 0 Å². The average Bonchev–Trinajstić information content (AvgIpc) is 2.87. The summed E-state index contributed by atoms with van der Waals surface area (Å²) in [6.07, 6.45) is 7.75. The van der Waals surface area contributed by atoms with Crippen molar-refractivity contribution in [2.24, 2.45) is 23.0 Å². The van der Waals surface area contributed by atoms with Crippen molar-refractivity contribution in [2.75, 3.05) is 6.54 Å². The molecule has 0 saturated heterocycles. The molecule has 0 atom stereocenters. The van der Waals surface area contributed by atoms with E-state index in [9.17, 15) is 0 Å². The SMILES string of the molecule is CC(C)C1CCC(CN)(Cc2ncnn2C(C)C)CC1. The van der Waals surface area contributed by atoms with Crippen LogP contribution in [0.3, 0.4) is 0 Å². The molecule has 1 aromatic rings. The first-order valence-corrected chi connectivity index (χ1v) is 8.06. The fraction of sp³-hybridized carbons (Fsp3) is 0.875. The van der Waals surface area contributed by atoms with Crippen molar-refractivity contribution < 1.29 is 0 Å². The second-order valence-corrected chi connectivity index (χ2v) is 7.18. The first kappa shape index (κ1) is 15.5. The third kappa shape index (κ3) is 3.22. The van der Waals surface area contributed by atoms with E-state index in [1.54, 1.807) is 6.33 Å². The molecule has 1 aromatic heterocycles. The molecule has 20 heavy (non-hydrogen) atoms. The van der Waals surface area contributed by atoms with Gasteiger partial charge in [-0.3, -0.25) is 0 Å². The molecule has 0 aromatic carbocycles. The van der Waals surface area contributed by atoms with Crippen LogP contribution in [0.4, 0.5) is 0 Å². The molecule has 0 unspecified atom stereocenters. The van der Waals surface area contributed by atoms with Crippen molar-refractivity contribution in [3.8, 4) is 0 Å². The second-order valence-electron chi connectivity index (χ2n) is 7.18. The lowest BCUT2D eigenvalue weighted by Crippen LogP contribution is -2.38. The average molecular weight is 278 g/mol. The molecule has 0 amide bonds. The molecule has 1 saturated carbocycles. The van der Waals surface area contributed by atoms with Crippen molar-refractivity contribution in [3.63, 3.8) is 0 Å². The van der Waals surface area contributed by atoms with Crippen LogP contribution in [-0.4, -0.2) is 21.3 Å². The van der Waals surface area contributed by atoms with Crippen LogP contribution in [0.2, 0.25) is 0 Å². The lowest BCUT2D eigenvalue weighted by atomic mass is 9.66. The normalized spacial score (nSPS) is 27.4. The summed E-state index contributed by atoms with van der Waals surface area (Å²) >= 11 is 0. The summed E-state index contributed by atoms with van der Waals surface area (Å²) < 4.78 is 2.05. The molecule has 114 valence electrons. The number of nitrogens with zero attached hydrogens (tertiary/aromatic N) is 3. The molecule has 1 fully saturated rings. The Morgan fingerprint density at radius 3 is 2.45 bits per heavy atom. The zero-order valence-corrected chi connectivity index (χ0v) is 13.5. The van der Waals surface area contributed by atoms with Crippen molar-refractivity contribution in [2.45, 2.75) is 65.8 Å². The van der Waals surface area contributed by atoms with Gasteiger partial charge in [0.15, 0.2) is 0 Å². The Hall–Kier alpha value is -0.900. The lowest BCUT2D eigenvalue weighted by Gasteiger charge is -2.40. The summed E-state index contributed by atoms with van der Waals surface area (Å²) in [5, 5.41) is 4.35. The van der Waals surface area contributed by atoms with Gasteiger partial charge in [0.1, 0.15) is 12.2 Å². The largest absolute Gasteiger partial charge is 0.330 e. The van der Waals surface area contributed by atoms with Gasteiger partial charge in [0.2, 0.25) is 0 Å². The smallest absolute Gasteiger partial charge is 0.138 e. The minimum absolute atomic E-state index is 0.241. The van der Waals surface area contributed by atoms with Crippen LogP contribution < -0.4 is 5.73 Å². The summed E-state index contributed by atoms with van der Waals surface area (Å²) in [5.74, 6) is 2.77. The number of rotatable bonds is 5. The molecule has 0 spiro atoms. The first-order valence-electron chi connectivity index (χ1n) is 8.06. The molecular weight excluding hydrogens is 248 g/mol. The Kier molecular flexibility index (Phi) is 4.84. The van der Waals surface area contributed by atoms with E-state index in [2.05, 4.69) is 37.8 Å². The predicted octanol–water partition coefficient (Wildman–Crippen LogP) is 3.19. The van der Waals surface area contributed by atoms with Crippen LogP contribution in [-0.2, 0) is 6.42 Å². The summed E-state index contributed by atoms with van der Waals surface area (Å²) in [6.45, 7) is 9.76. The zero-order valence-electron chi connectivity index (χ0n) is 13.5. The Morgan fingerprint density at radius 1 is 1.30 bits per heavy atom. The van der Waals surface area contributed by atoms with E-state index < -0.39 is 0 Å². The van der Waals surface area contributed by atoms with Crippen LogP contribution in [0.5, 0.6) is 0 Å². The maximum absolute atomic E-state index is 6.15. The van der Waals surface area contributed by atoms with E-state index in [1.165, 1.54) is 25.7 Å². The number of nitrogens with two attached hydrogens (primary N) is 1. The molecule has 0 radical (unpaired) electrons. The van der Waals surface area contributed by atoms with Gasteiger partial charge in [-0.05, 0) is 63.3 Å². The minimum atomic E-state index is 0.241. The number of hydrogen-bond donors (Lipinski definition) is 1. The third-order valence-corrected chi connectivity index (χ3v) is 5.14.